The summed E-state index contributed by atoms with van der Waals surface area (Å²) in [5, 5.41) is 0. The van der Waals surface area contributed by atoms with Crippen molar-refractivity contribution in [3.8, 4) is 0 Å². The Morgan fingerprint density at radius 3 is 1.68 bits per heavy atom. The molecule has 0 aliphatic carbocycles. The second kappa shape index (κ2) is 16.9. The predicted molar refractivity (Wildman–Crippen MR) is 118 cm³/mol. The van der Waals surface area contributed by atoms with Gasteiger partial charge >= 0.3 is 6.09 Å². The van der Waals surface area contributed by atoms with Gasteiger partial charge in [0.15, 0.2) is 0 Å². The van der Waals surface area contributed by atoms with E-state index in [2.05, 4.69) is 0 Å². The van der Waals surface area contributed by atoms with Crippen molar-refractivity contribution >= 4 is 6.09 Å². The summed E-state index contributed by atoms with van der Waals surface area (Å²) >= 11 is 0. The Morgan fingerprint density at radius 1 is 0.742 bits per heavy atom. The minimum Gasteiger partial charge on any atom is -0.444 e. The smallest absolute Gasteiger partial charge is 0.410 e. The van der Waals surface area contributed by atoms with Crippen LogP contribution in [0, 0.1) is 0 Å². The van der Waals surface area contributed by atoms with Crippen LogP contribution >= 0.6 is 0 Å². The molecule has 0 aromatic heterocycles. The van der Waals surface area contributed by atoms with Crippen LogP contribution < -0.4 is 0 Å². The number of hydrogen-bond acceptors (Lipinski definition) is 7. The SMILES string of the molecule is CN(CCOCCOCCOCCOCCOCc1ccccc1)C(=O)OC(C)(C)C. The molecule has 0 unspecified atom stereocenters. The van der Waals surface area contributed by atoms with Gasteiger partial charge in [0, 0.05) is 13.6 Å². The molecule has 31 heavy (non-hydrogen) atoms. The van der Waals surface area contributed by atoms with Crippen LogP contribution in [-0.2, 0) is 35.0 Å². The number of hydrogen-bond donors (Lipinski definition) is 0. The summed E-state index contributed by atoms with van der Waals surface area (Å²) in [7, 11) is 1.69. The third-order valence-electron chi connectivity index (χ3n) is 3.88. The molecule has 178 valence electrons. The first-order valence-electron chi connectivity index (χ1n) is 10.8. The van der Waals surface area contributed by atoms with Gasteiger partial charge in [0.2, 0.25) is 0 Å². The van der Waals surface area contributed by atoms with Crippen molar-refractivity contribution < 1.29 is 33.2 Å². The third-order valence-corrected chi connectivity index (χ3v) is 3.88. The van der Waals surface area contributed by atoms with Gasteiger partial charge in [-0.1, -0.05) is 30.3 Å². The molecule has 0 bridgehead atoms. The summed E-state index contributed by atoms with van der Waals surface area (Å²) < 4.78 is 32.6. The summed E-state index contributed by atoms with van der Waals surface area (Å²) in [6.45, 7) is 11.1. The normalized spacial score (nSPS) is 11.5. The summed E-state index contributed by atoms with van der Waals surface area (Å²) in [6, 6.07) is 10.1. The van der Waals surface area contributed by atoms with E-state index in [0.29, 0.717) is 72.6 Å². The maximum atomic E-state index is 11.8. The summed E-state index contributed by atoms with van der Waals surface area (Å²) in [5.41, 5.74) is 0.662. The summed E-state index contributed by atoms with van der Waals surface area (Å²) in [4.78, 5) is 13.3. The Hall–Kier alpha value is -1.71. The van der Waals surface area contributed by atoms with E-state index in [0.717, 1.165) is 5.56 Å². The topological polar surface area (TPSA) is 75.7 Å². The number of likely N-dealkylation sites (N-methyl/N-ethyl adjacent to an activating group) is 1. The average molecular weight is 442 g/mol. The zero-order valence-corrected chi connectivity index (χ0v) is 19.5. The van der Waals surface area contributed by atoms with E-state index >= 15 is 0 Å². The predicted octanol–water partition coefficient (Wildman–Crippen LogP) is 3.14. The molecule has 0 saturated heterocycles. The van der Waals surface area contributed by atoms with Crippen molar-refractivity contribution in [3.63, 3.8) is 0 Å². The first-order chi connectivity index (χ1) is 14.9. The van der Waals surface area contributed by atoms with E-state index in [1.54, 1.807) is 7.05 Å². The molecule has 8 heteroatoms. The Kier molecular flexibility index (Phi) is 14.9. The molecule has 1 aromatic rings. The van der Waals surface area contributed by atoms with Crippen molar-refractivity contribution in [2.24, 2.45) is 0 Å². The molecule has 0 aliphatic heterocycles. The molecule has 0 saturated carbocycles. The van der Waals surface area contributed by atoms with Crippen LogP contribution in [-0.4, -0.2) is 89.6 Å². The molecule has 0 heterocycles. The second-order valence-corrected chi connectivity index (χ2v) is 7.89. The minimum absolute atomic E-state index is 0.354. The van der Waals surface area contributed by atoms with Crippen LogP contribution in [0.2, 0.25) is 0 Å². The fourth-order valence-electron chi connectivity index (χ4n) is 2.28. The third kappa shape index (κ3) is 16.6. The standard InChI is InChI=1S/C23H39NO7/c1-23(2,3)31-22(25)24(4)10-11-26-12-13-27-14-15-28-16-17-29-18-19-30-20-21-8-6-5-7-9-21/h5-9H,10-20H2,1-4H3. The number of carbonyl (C=O) groups is 1. The first-order valence-corrected chi connectivity index (χ1v) is 10.8. The Morgan fingerprint density at radius 2 is 1.19 bits per heavy atom. The Bertz CT molecular complexity index is 563. The Labute approximate surface area is 186 Å². The first kappa shape index (κ1) is 27.3. The highest BCUT2D eigenvalue weighted by atomic mass is 16.6. The molecule has 1 rings (SSSR count). The average Bonchev–Trinajstić information content (AvgIpc) is 2.72. The molecule has 0 spiro atoms. The number of rotatable bonds is 17. The van der Waals surface area contributed by atoms with Crippen LogP contribution in [0.15, 0.2) is 30.3 Å². The fraction of sp³-hybridized carbons (Fsp3) is 0.696. The van der Waals surface area contributed by atoms with E-state index < -0.39 is 5.60 Å². The Balaban J connectivity index is 1.78. The van der Waals surface area contributed by atoms with E-state index in [-0.39, 0.29) is 6.09 Å². The van der Waals surface area contributed by atoms with E-state index in [1.807, 2.05) is 51.1 Å². The largest absolute Gasteiger partial charge is 0.444 e. The van der Waals surface area contributed by atoms with Crippen molar-refractivity contribution in [2.75, 3.05) is 73.1 Å². The summed E-state index contributed by atoms with van der Waals surface area (Å²) in [6.07, 6.45) is -0.354. The molecule has 1 amide bonds. The van der Waals surface area contributed by atoms with Gasteiger partial charge in [0.25, 0.3) is 0 Å². The maximum absolute atomic E-state index is 11.8. The minimum atomic E-state index is -0.495. The zero-order chi connectivity index (χ0) is 22.8. The van der Waals surface area contributed by atoms with Gasteiger partial charge in [-0.2, -0.15) is 0 Å². The number of carbonyl (C=O) groups excluding carboxylic acids is 1. The number of nitrogens with zero attached hydrogens (tertiary/aromatic N) is 1. The van der Waals surface area contributed by atoms with Gasteiger partial charge < -0.3 is 33.3 Å². The molecule has 1 aromatic carbocycles. The molecular formula is C23H39NO7. The zero-order valence-electron chi connectivity index (χ0n) is 19.5. The van der Waals surface area contributed by atoms with Gasteiger partial charge in [-0.3, -0.25) is 0 Å². The van der Waals surface area contributed by atoms with Gasteiger partial charge in [-0.05, 0) is 26.3 Å². The van der Waals surface area contributed by atoms with Crippen LogP contribution in [0.4, 0.5) is 4.79 Å². The van der Waals surface area contributed by atoms with Gasteiger partial charge in [0.05, 0.1) is 66.1 Å². The lowest BCUT2D eigenvalue weighted by Crippen LogP contribution is -2.36. The van der Waals surface area contributed by atoms with Gasteiger partial charge in [-0.25, -0.2) is 4.79 Å². The highest BCUT2D eigenvalue weighted by molar-refractivity contribution is 5.67. The highest BCUT2D eigenvalue weighted by Gasteiger charge is 2.19. The van der Waals surface area contributed by atoms with Crippen molar-refractivity contribution in [1.82, 2.24) is 4.90 Å². The van der Waals surface area contributed by atoms with Crippen molar-refractivity contribution in [3.05, 3.63) is 35.9 Å². The molecular weight excluding hydrogens is 402 g/mol. The monoisotopic (exact) mass is 441 g/mol. The van der Waals surface area contributed by atoms with E-state index in [9.17, 15) is 4.79 Å². The number of ether oxygens (including phenoxy) is 6. The maximum Gasteiger partial charge on any atom is 0.410 e. The quantitative estimate of drug-likeness (QED) is 0.344. The number of benzene rings is 1. The van der Waals surface area contributed by atoms with Crippen LogP contribution in [0.3, 0.4) is 0 Å². The fourth-order valence-corrected chi connectivity index (χ4v) is 2.28. The van der Waals surface area contributed by atoms with Gasteiger partial charge in [-0.15, -0.1) is 0 Å². The van der Waals surface area contributed by atoms with Gasteiger partial charge in [0.1, 0.15) is 5.60 Å². The second-order valence-electron chi connectivity index (χ2n) is 7.89. The van der Waals surface area contributed by atoms with Crippen LogP contribution in [0.1, 0.15) is 26.3 Å². The molecule has 0 radical (unpaired) electrons. The molecule has 0 fully saturated rings. The van der Waals surface area contributed by atoms with Crippen LogP contribution in [0.25, 0.3) is 0 Å². The van der Waals surface area contributed by atoms with Crippen molar-refractivity contribution in [2.45, 2.75) is 33.0 Å². The van der Waals surface area contributed by atoms with Crippen LogP contribution in [0.5, 0.6) is 0 Å². The lowest BCUT2D eigenvalue weighted by Gasteiger charge is -2.24. The summed E-state index contributed by atoms with van der Waals surface area (Å²) in [5.74, 6) is 0. The molecule has 0 atom stereocenters. The van der Waals surface area contributed by atoms with E-state index in [4.69, 9.17) is 28.4 Å². The highest BCUT2D eigenvalue weighted by Crippen LogP contribution is 2.08. The lowest BCUT2D eigenvalue weighted by atomic mass is 10.2. The molecule has 8 nitrogen and oxygen atoms in total. The van der Waals surface area contributed by atoms with E-state index in [1.165, 1.54) is 4.90 Å². The van der Waals surface area contributed by atoms with Crippen molar-refractivity contribution in [1.29, 1.82) is 0 Å². The molecule has 0 N–H and O–H groups in total. The molecule has 0 aliphatic rings. The number of amides is 1. The lowest BCUT2D eigenvalue weighted by molar-refractivity contribution is -0.0142.